The van der Waals surface area contributed by atoms with Gasteiger partial charge in [0.2, 0.25) is 59.1 Å². The number of nitrogens with two attached hydrogens (primary N) is 4. The maximum Gasteiger partial charge on any atom is 0.326 e. The van der Waals surface area contributed by atoms with Gasteiger partial charge in [0.15, 0.2) is 5.96 Å². The third-order valence-electron chi connectivity index (χ3n) is 13.1. The Balaban J connectivity index is 2.31. The molecule has 31 heteroatoms. The number of primary amides is 1. The largest absolute Gasteiger partial charge is 0.508 e. The number of carboxylic acid groups (broad SMARTS) is 1. The molecule has 454 valence electrons. The number of aliphatic carboxylic acids is 1. The lowest BCUT2D eigenvalue weighted by atomic mass is 9.97. The van der Waals surface area contributed by atoms with Gasteiger partial charge in [-0.1, -0.05) is 46.2 Å². The number of likely N-dealkylation sites (tertiary alicyclic amines) is 1. The van der Waals surface area contributed by atoms with Crippen LogP contribution in [0.2, 0.25) is 0 Å². The van der Waals surface area contributed by atoms with Gasteiger partial charge in [0.1, 0.15) is 66.2 Å². The Bertz CT molecular complexity index is 2370. The first kappa shape index (κ1) is 69.4. The fourth-order valence-corrected chi connectivity index (χ4v) is 8.27. The topological polar surface area (TPSA) is 525 Å². The van der Waals surface area contributed by atoms with E-state index in [-0.39, 0.29) is 69.2 Å². The second kappa shape index (κ2) is 33.8. The van der Waals surface area contributed by atoms with Gasteiger partial charge in [-0.3, -0.25) is 52.9 Å². The molecule has 0 saturated carbocycles. The summed E-state index contributed by atoms with van der Waals surface area (Å²) in [4.78, 5) is 152. The number of nitrogens with zero attached hydrogens (tertiary/aromatic N) is 2. The number of aliphatic hydroxyl groups excluding tert-OH is 4. The van der Waals surface area contributed by atoms with Gasteiger partial charge < -0.3 is 101 Å². The molecule has 2 rings (SSSR count). The van der Waals surface area contributed by atoms with Crippen molar-refractivity contribution in [3.8, 4) is 5.75 Å². The number of carbonyl (C=O) groups excluding carboxylic acids is 10. The van der Waals surface area contributed by atoms with Gasteiger partial charge >= 0.3 is 5.97 Å². The molecule has 1 aliphatic rings. The van der Waals surface area contributed by atoms with Crippen LogP contribution in [0.4, 0.5) is 0 Å². The molecule has 0 aromatic heterocycles. The van der Waals surface area contributed by atoms with Crippen LogP contribution in [0.1, 0.15) is 92.1 Å². The minimum absolute atomic E-state index is 0.0141. The highest BCUT2D eigenvalue weighted by atomic mass is 16.4. The molecule has 0 bridgehead atoms. The van der Waals surface area contributed by atoms with E-state index in [1.54, 1.807) is 27.7 Å². The molecular weight excluding hydrogens is 1070 g/mol. The van der Waals surface area contributed by atoms with E-state index < -0.39 is 163 Å². The van der Waals surface area contributed by atoms with Gasteiger partial charge in [-0.25, -0.2) is 4.79 Å². The standard InChI is InChI=1S/C50H82N14O17/c1-7-24(4)38(62-45(76)37(52)25(5)67)46(77)61-34(22-66)48(79)64-17-9-11-35(64)44(75)59-30(18-23(2)3)40(71)58-32(20-36(51)70)42(73)63-39(26(6)68)47(78)60-33(21-65)43(74)57-31(19-27-12-14-28(69)15-13-27)41(72)56-29(49(80)81)10-8-16-55-50(53)54/h12-15,23-26,29-35,37-39,65-69H,7-11,16-22,52H2,1-6H3,(H2,51,70)(H,56,72)(H,57,74)(H,58,71)(H,59,75)(H,60,78)(H,61,77)(H,62,76)(H,63,73)(H,80,81)(H4,53,54,55)/t24-,25+,26+,29-,30-,31-,32-,33-,34-,35-,37-,38-,39-/m0/s1. The number of phenols is 1. The molecular formula is C50H82N14O17. The number of carbonyl (C=O) groups is 11. The first-order chi connectivity index (χ1) is 37.9. The molecule has 0 radical (unpaired) electrons. The summed E-state index contributed by atoms with van der Waals surface area (Å²) in [5.41, 5.74) is 22.2. The van der Waals surface area contributed by atoms with Crippen molar-refractivity contribution >= 4 is 71.0 Å². The third kappa shape index (κ3) is 22.7. The smallest absolute Gasteiger partial charge is 0.326 e. The summed E-state index contributed by atoms with van der Waals surface area (Å²) in [6, 6.07) is -10.3. The van der Waals surface area contributed by atoms with Crippen LogP contribution in [0.5, 0.6) is 5.75 Å². The predicted molar refractivity (Wildman–Crippen MR) is 288 cm³/mol. The van der Waals surface area contributed by atoms with E-state index in [9.17, 15) is 83.4 Å². The van der Waals surface area contributed by atoms with Gasteiger partial charge in [0, 0.05) is 19.5 Å². The van der Waals surface area contributed by atoms with Crippen molar-refractivity contribution in [2.24, 2.45) is 39.8 Å². The summed E-state index contributed by atoms with van der Waals surface area (Å²) in [5.74, 6) is -13.0. The molecule has 31 nitrogen and oxygen atoms in total. The number of amides is 10. The van der Waals surface area contributed by atoms with Crippen molar-refractivity contribution in [3.63, 3.8) is 0 Å². The van der Waals surface area contributed by atoms with Crippen LogP contribution in [-0.2, 0) is 59.2 Å². The summed E-state index contributed by atoms with van der Waals surface area (Å²) < 4.78 is 0. The Morgan fingerprint density at radius 1 is 0.654 bits per heavy atom. The van der Waals surface area contributed by atoms with E-state index in [1.165, 1.54) is 31.2 Å². The molecule has 1 heterocycles. The Labute approximate surface area is 467 Å². The number of hydrogen-bond acceptors (Lipinski definition) is 18. The van der Waals surface area contributed by atoms with E-state index in [0.29, 0.717) is 12.0 Å². The molecule has 1 aromatic carbocycles. The van der Waals surface area contributed by atoms with Gasteiger partial charge in [0.05, 0.1) is 31.8 Å². The summed E-state index contributed by atoms with van der Waals surface area (Å²) in [7, 11) is 0. The van der Waals surface area contributed by atoms with Crippen molar-refractivity contribution < 1.29 is 83.4 Å². The van der Waals surface area contributed by atoms with Gasteiger partial charge in [-0.15, -0.1) is 0 Å². The van der Waals surface area contributed by atoms with Gasteiger partial charge in [0.25, 0.3) is 0 Å². The monoisotopic (exact) mass is 1150 g/mol. The van der Waals surface area contributed by atoms with E-state index in [2.05, 4.69) is 47.5 Å². The van der Waals surface area contributed by atoms with Gasteiger partial charge in [-0.2, -0.15) is 0 Å². The number of aliphatic hydroxyl groups is 4. The van der Waals surface area contributed by atoms with Crippen molar-refractivity contribution in [2.75, 3.05) is 26.3 Å². The lowest BCUT2D eigenvalue weighted by Crippen LogP contribution is -2.63. The quantitative estimate of drug-likeness (QED) is 0.0173. The van der Waals surface area contributed by atoms with Crippen LogP contribution < -0.4 is 65.5 Å². The number of carboxylic acids is 1. The molecule has 0 spiro atoms. The average molecular weight is 1150 g/mol. The predicted octanol–water partition coefficient (Wildman–Crippen LogP) is -7.02. The summed E-state index contributed by atoms with van der Waals surface area (Å²) in [6.07, 6.45) is -3.60. The highest BCUT2D eigenvalue weighted by Crippen LogP contribution is 2.21. The number of aromatic hydroxyl groups is 1. The zero-order valence-electron chi connectivity index (χ0n) is 46.3. The van der Waals surface area contributed by atoms with Gasteiger partial charge in [-0.05, 0) is 75.5 Å². The first-order valence-corrected chi connectivity index (χ1v) is 26.4. The third-order valence-corrected chi connectivity index (χ3v) is 13.1. The number of phenolic OH excluding ortho intramolecular Hbond substituents is 1. The van der Waals surface area contributed by atoms with Crippen molar-refractivity contribution in [2.45, 2.75) is 166 Å². The number of rotatable bonds is 34. The molecule has 13 atom stereocenters. The second-order valence-electron chi connectivity index (χ2n) is 20.2. The lowest BCUT2D eigenvalue weighted by molar-refractivity contribution is -0.143. The van der Waals surface area contributed by atoms with Crippen LogP contribution in [0.25, 0.3) is 0 Å². The van der Waals surface area contributed by atoms with Crippen LogP contribution in [0.3, 0.4) is 0 Å². The zero-order chi connectivity index (χ0) is 61.4. The molecule has 1 aliphatic heterocycles. The summed E-state index contributed by atoms with van der Waals surface area (Å²) in [6.45, 7) is 7.07. The average Bonchev–Trinajstić information content (AvgIpc) is 3.96. The lowest BCUT2D eigenvalue weighted by Gasteiger charge is -2.31. The van der Waals surface area contributed by atoms with E-state index in [0.717, 1.165) is 11.8 Å². The Hall–Kier alpha value is -7.74. The minimum atomic E-state index is -1.98. The van der Waals surface area contributed by atoms with Crippen LogP contribution in [0.15, 0.2) is 29.3 Å². The van der Waals surface area contributed by atoms with Crippen LogP contribution >= 0.6 is 0 Å². The summed E-state index contributed by atoms with van der Waals surface area (Å²) in [5, 5.41) is 79.5. The molecule has 10 amide bonds. The molecule has 22 N–H and O–H groups in total. The maximum absolute atomic E-state index is 14.0. The van der Waals surface area contributed by atoms with Crippen molar-refractivity contribution in [1.29, 1.82) is 0 Å². The summed E-state index contributed by atoms with van der Waals surface area (Å²) >= 11 is 0. The van der Waals surface area contributed by atoms with Crippen LogP contribution in [-0.4, -0.2) is 205 Å². The van der Waals surface area contributed by atoms with Crippen LogP contribution in [0, 0.1) is 11.8 Å². The van der Waals surface area contributed by atoms with Crippen molar-refractivity contribution in [1.82, 2.24) is 47.4 Å². The Morgan fingerprint density at radius 2 is 1.17 bits per heavy atom. The fourth-order valence-electron chi connectivity index (χ4n) is 8.27. The normalized spacial score (nSPS) is 17.5. The molecule has 0 unspecified atom stereocenters. The number of nitrogens with one attached hydrogen (secondary N) is 8. The Morgan fingerprint density at radius 3 is 1.70 bits per heavy atom. The highest BCUT2D eigenvalue weighted by Gasteiger charge is 2.41. The second-order valence-corrected chi connectivity index (χ2v) is 20.2. The molecule has 1 fully saturated rings. The maximum atomic E-state index is 14.0. The van der Waals surface area contributed by atoms with E-state index in [1.807, 2.05) is 0 Å². The van der Waals surface area contributed by atoms with Crippen molar-refractivity contribution in [3.05, 3.63) is 29.8 Å². The van der Waals surface area contributed by atoms with E-state index in [4.69, 9.17) is 22.9 Å². The number of aliphatic imine (C=N–C) groups is 1. The fraction of sp³-hybridized carbons (Fsp3) is 0.640. The SMILES string of the molecule is CC[C@H](C)[C@H](NC(=O)[C@@H](N)[C@@H](C)O)C(=O)N[C@@H](CO)C(=O)N1CCC[C@H]1C(=O)N[C@@H](CC(C)C)C(=O)N[C@@H](CC(N)=O)C(=O)N[C@H](C(=O)N[C@@H](CO)C(=O)N[C@@H](Cc1ccc(O)cc1)C(=O)N[C@@H](CCCN=C(N)N)C(=O)O)[C@@H](C)O. The number of guanidine groups is 1. The van der Waals surface area contributed by atoms with E-state index >= 15 is 0 Å². The molecule has 81 heavy (non-hydrogen) atoms. The molecule has 1 aromatic rings. The highest BCUT2D eigenvalue weighted by molar-refractivity contribution is 6.00. The number of hydrogen-bond donors (Lipinski definition) is 18. The first-order valence-electron chi connectivity index (χ1n) is 26.4. The molecule has 1 saturated heterocycles. The number of benzene rings is 1. The zero-order valence-corrected chi connectivity index (χ0v) is 46.3. The molecule has 0 aliphatic carbocycles. The Kier molecular flexibility index (Phi) is 28.9. The minimum Gasteiger partial charge on any atom is -0.508 e.